The number of nitrogens with zero attached hydrogens (tertiary/aromatic N) is 4. The Morgan fingerprint density at radius 3 is 2.67 bits per heavy atom. The van der Waals surface area contributed by atoms with Gasteiger partial charge in [0, 0.05) is 13.1 Å². The first-order valence-electron chi connectivity index (χ1n) is 7.27. The predicted octanol–water partition coefficient (Wildman–Crippen LogP) is 2.08. The Hall–Kier alpha value is -1.96. The number of nitrogen functional groups attached to an aromatic ring is 1. The molecule has 1 heterocycles. The molecule has 1 aliphatic rings. The van der Waals surface area contributed by atoms with Gasteiger partial charge in [-0.1, -0.05) is 13.3 Å². The average molecular weight is 294 g/mol. The number of hydrazine groups is 1. The topological polar surface area (TPSA) is 110 Å². The van der Waals surface area contributed by atoms with Crippen molar-refractivity contribution in [3.05, 3.63) is 16.3 Å². The highest BCUT2D eigenvalue weighted by atomic mass is 16.6. The Kier molecular flexibility index (Phi) is 4.89. The lowest BCUT2D eigenvalue weighted by Crippen LogP contribution is -2.36. The Morgan fingerprint density at radius 1 is 1.48 bits per heavy atom. The van der Waals surface area contributed by atoms with Crippen molar-refractivity contribution in [1.29, 1.82) is 0 Å². The van der Waals surface area contributed by atoms with Crippen molar-refractivity contribution in [3.63, 3.8) is 0 Å². The van der Waals surface area contributed by atoms with E-state index in [1.807, 2.05) is 11.9 Å². The lowest BCUT2D eigenvalue weighted by molar-refractivity contribution is -0.384. The zero-order valence-corrected chi connectivity index (χ0v) is 12.5. The second kappa shape index (κ2) is 6.66. The Bertz CT molecular complexity index is 501. The SMILES string of the molecule is CCC1CCC(N(C)c2nc(NN)ncc2[N+](=O)[O-])CC1. The molecule has 0 atom stereocenters. The molecule has 0 bridgehead atoms. The molecule has 0 amide bonds. The number of hydrogen-bond acceptors (Lipinski definition) is 7. The van der Waals surface area contributed by atoms with E-state index in [1.54, 1.807) is 0 Å². The third-order valence-corrected chi connectivity index (χ3v) is 4.35. The van der Waals surface area contributed by atoms with Crippen molar-refractivity contribution in [2.75, 3.05) is 17.4 Å². The van der Waals surface area contributed by atoms with E-state index in [2.05, 4.69) is 22.3 Å². The minimum Gasteiger partial charge on any atom is -0.351 e. The molecule has 1 saturated carbocycles. The zero-order chi connectivity index (χ0) is 15.4. The number of rotatable bonds is 5. The van der Waals surface area contributed by atoms with Crippen molar-refractivity contribution in [2.24, 2.45) is 11.8 Å². The van der Waals surface area contributed by atoms with Gasteiger partial charge >= 0.3 is 5.69 Å². The number of hydrogen-bond donors (Lipinski definition) is 2. The van der Waals surface area contributed by atoms with Crippen molar-refractivity contribution in [2.45, 2.75) is 45.1 Å². The van der Waals surface area contributed by atoms with Gasteiger partial charge in [0.15, 0.2) is 0 Å². The molecule has 8 heteroatoms. The predicted molar refractivity (Wildman–Crippen MR) is 80.9 cm³/mol. The summed E-state index contributed by atoms with van der Waals surface area (Å²) in [7, 11) is 1.85. The highest BCUT2D eigenvalue weighted by Gasteiger charge is 2.28. The third-order valence-electron chi connectivity index (χ3n) is 4.35. The summed E-state index contributed by atoms with van der Waals surface area (Å²) in [5, 5.41) is 11.2. The van der Waals surface area contributed by atoms with Gasteiger partial charge in [-0.3, -0.25) is 15.5 Å². The first kappa shape index (κ1) is 15.4. The van der Waals surface area contributed by atoms with E-state index < -0.39 is 4.92 Å². The standard InChI is InChI=1S/C13H22N6O2/c1-3-9-4-6-10(7-5-9)18(2)12-11(19(20)21)8-15-13(16-12)17-14/h8-10H,3-7,14H2,1-2H3,(H,15,16,17). The van der Waals surface area contributed by atoms with Gasteiger partial charge in [-0.25, -0.2) is 10.8 Å². The summed E-state index contributed by atoms with van der Waals surface area (Å²) in [4.78, 5) is 20.6. The summed E-state index contributed by atoms with van der Waals surface area (Å²) in [5.41, 5.74) is 2.25. The van der Waals surface area contributed by atoms with E-state index in [0.29, 0.717) is 5.82 Å². The molecule has 1 fully saturated rings. The van der Waals surface area contributed by atoms with E-state index in [4.69, 9.17) is 5.84 Å². The molecule has 1 aromatic rings. The number of nitrogens with two attached hydrogens (primary N) is 1. The minimum absolute atomic E-state index is 0.0888. The van der Waals surface area contributed by atoms with Crippen LogP contribution in [0.3, 0.4) is 0 Å². The molecule has 0 aliphatic heterocycles. The van der Waals surface area contributed by atoms with E-state index in [1.165, 1.54) is 12.6 Å². The largest absolute Gasteiger partial charge is 0.351 e. The molecule has 1 aliphatic carbocycles. The van der Waals surface area contributed by atoms with Crippen LogP contribution in [-0.4, -0.2) is 28.0 Å². The summed E-state index contributed by atoms with van der Waals surface area (Å²) >= 11 is 0. The number of anilines is 2. The molecule has 3 N–H and O–H groups in total. The molecule has 0 aromatic carbocycles. The maximum absolute atomic E-state index is 11.2. The fourth-order valence-corrected chi connectivity index (χ4v) is 2.94. The van der Waals surface area contributed by atoms with Gasteiger partial charge in [-0.05, 0) is 31.6 Å². The molecular weight excluding hydrogens is 272 g/mol. The lowest BCUT2D eigenvalue weighted by atomic mass is 9.84. The molecule has 0 spiro atoms. The molecule has 116 valence electrons. The maximum atomic E-state index is 11.2. The van der Waals surface area contributed by atoms with Gasteiger partial charge in [0.1, 0.15) is 6.20 Å². The number of nitro groups is 1. The molecular formula is C13H22N6O2. The van der Waals surface area contributed by atoms with Gasteiger partial charge in [0.2, 0.25) is 11.8 Å². The highest BCUT2D eigenvalue weighted by Crippen LogP contribution is 2.33. The molecule has 21 heavy (non-hydrogen) atoms. The fourth-order valence-electron chi connectivity index (χ4n) is 2.94. The zero-order valence-electron chi connectivity index (χ0n) is 12.5. The molecule has 0 saturated heterocycles. The van der Waals surface area contributed by atoms with Gasteiger partial charge in [0.25, 0.3) is 0 Å². The minimum atomic E-state index is -0.455. The van der Waals surface area contributed by atoms with Gasteiger partial charge in [0.05, 0.1) is 4.92 Å². The summed E-state index contributed by atoms with van der Waals surface area (Å²) in [6, 6.07) is 0.270. The second-order valence-electron chi connectivity index (χ2n) is 5.50. The Labute approximate surface area is 123 Å². The van der Waals surface area contributed by atoms with Crippen LogP contribution < -0.4 is 16.2 Å². The van der Waals surface area contributed by atoms with Gasteiger partial charge in [-0.15, -0.1) is 0 Å². The van der Waals surface area contributed by atoms with Crippen molar-refractivity contribution < 1.29 is 4.92 Å². The van der Waals surface area contributed by atoms with Crippen LogP contribution in [0.15, 0.2) is 6.20 Å². The van der Waals surface area contributed by atoms with Crippen LogP contribution in [0.2, 0.25) is 0 Å². The normalized spacial score (nSPS) is 21.9. The van der Waals surface area contributed by atoms with Crippen LogP contribution in [0.1, 0.15) is 39.0 Å². The summed E-state index contributed by atoms with van der Waals surface area (Å²) in [6.07, 6.45) is 6.78. The van der Waals surface area contributed by atoms with E-state index in [9.17, 15) is 10.1 Å². The van der Waals surface area contributed by atoms with Crippen molar-refractivity contribution >= 4 is 17.5 Å². The van der Waals surface area contributed by atoms with E-state index in [-0.39, 0.29) is 17.7 Å². The lowest BCUT2D eigenvalue weighted by Gasteiger charge is -2.34. The van der Waals surface area contributed by atoms with Crippen molar-refractivity contribution in [1.82, 2.24) is 9.97 Å². The van der Waals surface area contributed by atoms with Crippen LogP contribution in [0.25, 0.3) is 0 Å². The average Bonchev–Trinajstić information content (AvgIpc) is 2.53. The number of nitrogens with one attached hydrogen (secondary N) is 1. The first-order chi connectivity index (χ1) is 10.1. The summed E-state index contributed by atoms with van der Waals surface area (Å²) in [5.74, 6) is 6.58. The smallest absolute Gasteiger partial charge is 0.329 e. The summed E-state index contributed by atoms with van der Waals surface area (Å²) in [6.45, 7) is 2.21. The van der Waals surface area contributed by atoms with Crippen LogP contribution >= 0.6 is 0 Å². The first-order valence-corrected chi connectivity index (χ1v) is 7.27. The van der Waals surface area contributed by atoms with Gasteiger partial charge < -0.3 is 4.90 Å². The monoisotopic (exact) mass is 294 g/mol. The number of aromatic nitrogens is 2. The third kappa shape index (κ3) is 3.38. The Morgan fingerprint density at radius 2 is 2.14 bits per heavy atom. The molecule has 0 unspecified atom stereocenters. The Balaban J connectivity index is 2.21. The molecule has 0 radical (unpaired) electrons. The highest BCUT2D eigenvalue weighted by molar-refractivity contribution is 5.59. The summed E-state index contributed by atoms with van der Waals surface area (Å²) < 4.78 is 0. The van der Waals surface area contributed by atoms with E-state index >= 15 is 0 Å². The van der Waals surface area contributed by atoms with E-state index in [0.717, 1.165) is 31.6 Å². The van der Waals surface area contributed by atoms with Gasteiger partial charge in [-0.2, -0.15) is 4.98 Å². The second-order valence-corrected chi connectivity index (χ2v) is 5.50. The van der Waals surface area contributed by atoms with Crippen LogP contribution in [0.5, 0.6) is 0 Å². The molecule has 2 rings (SSSR count). The van der Waals surface area contributed by atoms with Crippen LogP contribution in [-0.2, 0) is 0 Å². The molecule has 1 aromatic heterocycles. The molecule has 8 nitrogen and oxygen atoms in total. The quantitative estimate of drug-likeness (QED) is 0.486. The van der Waals surface area contributed by atoms with Crippen LogP contribution in [0, 0.1) is 16.0 Å². The maximum Gasteiger partial charge on any atom is 0.329 e. The fraction of sp³-hybridized carbons (Fsp3) is 0.692. The van der Waals surface area contributed by atoms with Crippen molar-refractivity contribution in [3.8, 4) is 0 Å². The van der Waals surface area contributed by atoms with Crippen LogP contribution in [0.4, 0.5) is 17.5 Å².